The fourth-order valence-electron chi connectivity index (χ4n) is 5.04. The van der Waals surface area contributed by atoms with Crippen LogP contribution in [0.2, 0.25) is 0 Å². The number of hydrogen-bond acceptors (Lipinski definition) is 6. The van der Waals surface area contributed by atoms with Crippen LogP contribution in [0.4, 0.5) is 0 Å². The number of fused-ring (bicyclic) bond motifs is 9. The van der Waals surface area contributed by atoms with Crippen LogP contribution in [0.1, 0.15) is 7.43 Å². The van der Waals surface area contributed by atoms with Crippen LogP contribution in [0, 0.1) is 35.6 Å². The van der Waals surface area contributed by atoms with E-state index < -0.39 is 0 Å². The zero-order valence-corrected chi connectivity index (χ0v) is 26.7. The molecule has 6 aromatic heterocycles. The summed E-state index contributed by atoms with van der Waals surface area (Å²) in [6, 6.07) is 36.4. The number of aromatic nitrogens is 6. The first-order valence-electron chi connectivity index (χ1n) is 13.6. The average molecular weight is 696 g/mol. The molecule has 6 heterocycles. The summed E-state index contributed by atoms with van der Waals surface area (Å²) in [5.41, 5.74) is 5.86. The fourth-order valence-corrected chi connectivity index (χ4v) is 5.04. The Morgan fingerprint density at radius 3 is 0.568 bits per heavy atom. The summed E-state index contributed by atoms with van der Waals surface area (Å²) >= 11 is 0. The maximum Gasteiger partial charge on any atom is 0.0964 e. The number of nitrogens with zero attached hydrogens (tertiary/aromatic N) is 6. The Labute approximate surface area is 282 Å². The summed E-state index contributed by atoms with van der Waals surface area (Å²) in [6.45, 7) is 0. The molecule has 0 aliphatic carbocycles. The minimum Gasteiger partial charge on any atom is -0.254 e. The first kappa shape index (κ1) is 30.8. The van der Waals surface area contributed by atoms with Gasteiger partial charge in [-0.05, 0) is 36.4 Å². The molecule has 0 saturated heterocycles. The third-order valence-electron chi connectivity index (χ3n) is 7.03. The van der Waals surface area contributed by atoms with Crippen LogP contribution in [0.25, 0.3) is 65.4 Å². The maximum atomic E-state index is 4.35. The molecule has 0 aliphatic heterocycles. The van der Waals surface area contributed by atoms with E-state index in [4.69, 9.17) is 0 Å². The van der Waals surface area contributed by atoms with Crippen molar-refractivity contribution in [2.45, 2.75) is 7.43 Å². The van der Waals surface area contributed by atoms with Gasteiger partial charge in [-0.2, -0.15) is 0 Å². The van der Waals surface area contributed by atoms with Gasteiger partial charge in [0.2, 0.25) is 0 Å². The van der Waals surface area contributed by atoms with Crippen LogP contribution in [-0.4, -0.2) is 29.9 Å². The van der Waals surface area contributed by atoms with Gasteiger partial charge in [0.25, 0.3) is 0 Å². The van der Waals surface area contributed by atoms with Gasteiger partial charge in [-0.1, -0.05) is 80.2 Å². The predicted molar refractivity (Wildman–Crippen MR) is 178 cm³/mol. The molecule has 0 unspecified atom stereocenters. The van der Waals surface area contributed by atoms with E-state index in [9.17, 15) is 0 Å². The molecule has 0 amide bonds. The van der Waals surface area contributed by atoms with E-state index in [2.05, 4.69) is 103 Å². The minimum absolute atomic E-state index is 0. The molecule has 44 heavy (non-hydrogen) atoms. The first-order chi connectivity index (χ1) is 20.8. The molecule has 209 valence electrons. The molecule has 0 aliphatic rings. The zero-order valence-electron chi connectivity index (χ0n) is 23.1. The smallest absolute Gasteiger partial charge is 0.0964 e. The van der Waals surface area contributed by atoms with E-state index in [0.717, 1.165) is 65.4 Å². The van der Waals surface area contributed by atoms with Crippen molar-refractivity contribution in [3.63, 3.8) is 0 Å². The van der Waals surface area contributed by atoms with Gasteiger partial charge in [0.1, 0.15) is 0 Å². The van der Waals surface area contributed by atoms with Crippen molar-refractivity contribution in [2.24, 2.45) is 0 Å². The third-order valence-corrected chi connectivity index (χ3v) is 7.03. The number of pyridine rings is 6. The molecular weight excluding hydrogens is 667 g/mol. The van der Waals surface area contributed by atoms with Crippen LogP contribution in [-0.2, 0) is 0 Å². The van der Waals surface area contributed by atoms with Crippen LogP contribution in [0.3, 0.4) is 0 Å². The summed E-state index contributed by atoms with van der Waals surface area (Å²) in [5.74, 6) is 0. The topological polar surface area (TPSA) is 77.3 Å². The Balaban J connectivity index is 0.000000128. The van der Waals surface area contributed by atoms with E-state index in [1.54, 1.807) is 37.2 Å². The number of hydrogen-bond donors (Lipinski definition) is 0. The summed E-state index contributed by atoms with van der Waals surface area (Å²) in [7, 11) is 0. The Morgan fingerprint density at radius 1 is 0.250 bits per heavy atom. The van der Waals surface area contributed by atoms with Gasteiger partial charge < -0.3 is 0 Å². The van der Waals surface area contributed by atoms with Gasteiger partial charge in [-0.3, -0.25) is 29.9 Å². The molecular formula is C37H28LaN6. The predicted octanol–water partition coefficient (Wildman–Crippen LogP) is 8.99. The minimum atomic E-state index is 0. The van der Waals surface area contributed by atoms with Crippen LogP contribution >= 0.6 is 0 Å². The molecule has 6 nitrogen and oxygen atoms in total. The van der Waals surface area contributed by atoms with E-state index in [1.807, 2.05) is 36.4 Å². The van der Waals surface area contributed by atoms with Crippen LogP contribution in [0.5, 0.6) is 0 Å². The van der Waals surface area contributed by atoms with Crippen LogP contribution in [0.15, 0.2) is 146 Å². The van der Waals surface area contributed by atoms with Crippen molar-refractivity contribution in [3.05, 3.63) is 146 Å². The molecule has 0 N–H and O–H groups in total. The molecule has 9 aromatic rings. The second-order valence-electron chi connectivity index (χ2n) is 9.65. The number of rotatable bonds is 0. The Morgan fingerprint density at radius 2 is 0.409 bits per heavy atom. The van der Waals surface area contributed by atoms with Gasteiger partial charge in [0.05, 0.1) is 33.1 Å². The van der Waals surface area contributed by atoms with Gasteiger partial charge in [0, 0.05) is 105 Å². The van der Waals surface area contributed by atoms with E-state index in [-0.39, 0.29) is 43.0 Å². The van der Waals surface area contributed by atoms with Gasteiger partial charge >= 0.3 is 0 Å². The van der Waals surface area contributed by atoms with Gasteiger partial charge in [-0.25, -0.2) is 0 Å². The maximum absolute atomic E-state index is 4.35. The second-order valence-corrected chi connectivity index (χ2v) is 9.65. The van der Waals surface area contributed by atoms with E-state index >= 15 is 0 Å². The second kappa shape index (κ2) is 14.2. The molecule has 0 bridgehead atoms. The molecule has 0 spiro atoms. The molecule has 1 radical (unpaired) electrons. The van der Waals surface area contributed by atoms with Crippen molar-refractivity contribution in [3.8, 4) is 0 Å². The largest absolute Gasteiger partial charge is 0.254 e. The monoisotopic (exact) mass is 695 g/mol. The van der Waals surface area contributed by atoms with Gasteiger partial charge in [-0.15, -0.1) is 0 Å². The van der Waals surface area contributed by atoms with E-state index in [1.165, 1.54) is 0 Å². The van der Waals surface area contributed by atoms with Crippen molar-refractivity contribution in [2.75, 3.05) is 0 Å². The Bertz CT molecular complexity index is 1910. The van der Waals surface area contributed by atoms with E-state index in [0.29, 0.717) is 0 Å². The number of benzene rings is 3. The molecule has 9 rings (SSSR count). The zero-order chi connectivity index (χ0) is 28.1. The summed E-state index contributed by atoms with van der Waals surface area (Å²) < 4.78 is 0. The quantitative estimate of drug-likeness (QED) is 0.148. The molecule has 0 atom stereocenters. The standard InChI is InChI=1S/3C12H8N2.CH4.La/c3*1-3-9-5-6-10-4-2-8-14-12(10)11(9)13-7-1;;/h3*1-8H;1H4;. The van der Waals surface area contributed by atoms with Crippen molar-refractivity contribution < 1.29 is 35.6 Å². The van der Waals surface area contributed by atoms with Crippen molar-refractivity contribution in [1.82, 2.24) is 29.9 Å². The summed E-state index contributed by atoms with van der Waals surface area (Å²) in [6.07, 6.45) is 10.8. The molecule has 0 saturated carbocycles. The third kappa shape index (κ3) is 6.31. The first-order valence-corrected chi connectivity index (χ1v) is 13.6. The summed E-state index contributed by atoms with van der Waals surface area (Å²) in [5, 5.41) is 6.83. The van der Waals surface area contributed by atoms with Crippen molar-refractivity contribution >= 4 is 65.4 Å². The Hall–Kier alpha value is -4.69. The van der Waals surface area contributed by atoms with Gasteiger partial charge in [0.15, 0.2) is 0 Å². The normalized spacial score (nSPS) is 10.4. The molecule has 0 fully saturated rings. The SMILES string of the molecule is C.[La].c1cnc2c(c1)ccc1cccnc12.c1cnc2c(c1)ccc1cccnc12.c1cnc2c(c1)ccc1cccnc12. The Kier molecular flexibility index (Phi) is 9.92. The van der Waals surface area contributed by atoms with Crippen LogP contribution < -0.4 is 0 Å². The summed E-state index contributed by atoms with van der Waals surface area (Å²) in [4.78, 5) is 26.1. The molecule has 3 aromatic carbocycles. The molecule has 7 heteroatoms. The average Bonchev–Trinajstić information content (AvgIpc) is 3.09. The van der Waals surface area contributed by atoms with Crippen molar-refractivity contribution in [1.29, 1.82) is 0 Å². The fraction of sp³-hybridized carbons (Fsp3) is 0.0270.